The van der Waals surface area contributed by atoms with E-state index in [0.29, 0.717) is 0 Å². The molecule has 16 heavy (non-hydrogen) atoms. The zero-order chi connectivity index (χ0) is 11.6. The van der Waals surface area contributed by atoms with Crippen LogP contribution in [0.3, 0.4) is 0 Å². The number of hydrogen-bond donors (Lipinski definition) is 0. The minimum Gasteiger partial charge on any atom is -0.345 e. The summed E-state index contributed by atoms with van der Waals surface area (Å²) in [5.41, 5.74) is 0.830. The molecule has 0 saturated carbocycles. The van der Waals surface area contributed by atoms with Gasteiger partial charge in [0.05, 0.1) is 5.41 Å². The van der Waals surface area contributed by atoms with Crippen LogP contribution >= 0.6 is 0 Å². The standard InChI is InChI=1S/C14H17NO/c1-14(10-11-15(2)13(14)16)9-8-12-6-4-3-5-7-12/h3-9H,10-11H2,1-2H3/b9-8+. The van der Waals surface area contributed by atoms with Crippen molar-refractivity contribution in [2.75, 3.05) is 13.6 Å². The van der Waals surface area contributed by atoms with Gasteiger partial charge in [-0.15, -0.1) is 0 Å². The molecule has 84 valence electrons. The van der Waals surface area contributed by atoms with Crippen molar-refractivity contribution in [2.24, 2.45) is 5.41 Å². The first kappa shape index (κ1) is 10.9. The summed E-state index contributed by atoms with van der Waals surface area (Å²) in [7, 11) is 1.87. The summed E-state index contributed by atoms with van der Waals surface area (Å²) in [5, 5.41) is 0. The van der Waals surface area contributed by atoms with Crippen molar-refractivity contribution >= 4 is 12.0 Å². The number of carbonyl (C=O) groups excluding carboxylic acids is 1. The van der Waals surface area contributed by atoms with E-state index in [4.69, 9.17) is 0 Å². The molecule has 0 spiro atoms. The molecule has 1 aliphatic heterocycles. The lowest BCUT2D eigenvalue weighted by Crippen LogP contribution is -2.28. The molecule has 0 radical (unpaired) electrons. The molecule has 0 aliphatic carbocycles. The van der Waals surface area contributed by atoms with Gasteiger partial charge in [-0.3, -0.25) is 4.79 Å². The summed E-state index contributed by atoms with van der Waals surface area (Å²) < 4.78 is 0. The summed E-state index contributed by atoms with van der Waals surface area (Å²) in [6.45, 7) is 2.87. The maximum Gasteiger partial charge on any atom is 0.232 e. The summed E-state index contributed by atoms with van der Waals surface area (Å²) in [4.78, 5) is 13.7. The number of rotatable bonds is 2. The van der Waals surface area contributed by atoms with Crippen molar-refractivity contribution in [2.45, 2.75) is 13.3 Å². The van der Waals surface area contributed by atoms with E-state index in [2.05, 4.69) is 0 Å². The largest absolute Gasteiger partial charge is 0.345 e. The normalized spacial score (nSPS) is 25.6. The van der Waals surface area contributed by atoms with Gasteiger partial charge in [-0.25, -0.2) is 0 Å². The average Bonchev–Trinajstić information content (AvgIpc) is 2.57. The topological polar surface area (TPSA) is 20.3 Å². The Labute approximate surface area is 96.6 Å². The fourth-order valence-electron chi connectivity index (χ4n) is 2.04. The third kappa shape index (κ3) is 2.01. The smallest absolute Gasteiger partial charge is 0.232 e. The number of carbonyl (C=O) groups is 1. The van der Waals surface area contributed by atoms with Crippen LogP contribution in [0.2, 0.25) is 0 Å². The van der Waals surface area contributed by atoms with Crippen LogP contribution in [0.4, 0.5) is 0 Å². The molecule has 2 nitrogen and oxygen atoms in total. The predicted octanol–water partition coefficient (Wildman–Crippen LogP) is 2.57. The van der Waals surface area contributed by atoms with Gasteiger partial charge >= 0.3 is 0 Å². The van der Waals surface area contributed by atoms with E-state index in [1.54, 1.807) is 4.90 Å². The summed E-state index contributed by atoms with van der Waals surface area (Å²) in [5.74, 6) is 0.222. The van der Waals surface area contributed by atoms with Crippen molar-refractivity contribution in [1.82, 2.24) is 4.90 Å². The summed E-state index contributed by atoms with van der Waals surface area (Å²) >= 11 is 0. The van der Waals surface area contributed by atoms with E-state index in [9.17, 15) is 4.79 Å². The second-order valence-corrected chi connectivity index (χ2v) is 4.64. The van der Waals surface area contributed by atoms with Crippen LogP contribution in [0.25, 0.3) is 6.08 Å². The lowest BCUT2D eigenvalue weighted by molar-refractivity contribution is -0.132. The first-order valence-electron chi connectivity index (χ1n) is 5.62. The van der Waals surface area contributed by atoms with Crippen LogP contribution in [-0.2, 0) is 4.79 Å². The second kappa shape index (κ2) is 4.12. The van der Waals surface area contributed by atoms with E-state index in [1.807, 2.05) is 56.5 Å². The Bertz CT molecular complexity index is 410. The molecule has 1 heterocycles. The first-order valence-corrected chi connectivity index (χ1v) is 5.62. The lowest BCUT2D eigenvalue weighted by Gasteiger charge is -2.17. The molecular formula is C14H17NO. The van der Waals surface area contributed by atoms with Crippen molar-refractivity contribution < 1.29 is 4.79 Å². The molecule has 2 heteroatoms. The molecule has 0 aromatic heterocycles. The van der Waals surface area contributed by atoms with Crippen molar-refractivity contribution in [3.05, 3.63) is 42.0 Å². The second-order valence-electron chi connectivity index (χ2n) is 4.64. The van der Waals surface area contributed by atoms with Crippen molar-refractivity contribution in [1.29, 1.82) is 0 Å². The zero-order valence-corrected chi connectivity index (χ0v) is 9.81. The Kier molecular flexibility index (Phi) is 2.82. The molecule has 1 aliphatic rings. The maximum absolute atomic E-state index is 11.9. The molecule has 1 unspecified atom stereocenters. The van der Waals surface area contributed by atoms with Gasteiger partial charge in [-0.05, 0) is 18.9 Å². The van der Waals surface area contributed by atoms with E-state index in [1.165, 1.54) is 0 Å². The number of nitrogens with zero attached hydrogens (tertiary/aromatic N) is 1. The van der Waals surface area contributed by atoms with E-state index < -0.39 is 0 Å². The molecule has 1 aromatic rings. The van der Waals surface area contributed by atoms with Crippen LogP contribution in [-0.4, -0.2) is 24.4 Å². The van der Waals surface area contributed by atoms with Crippen LogP contribution in [0, 0.1) is 5.41 Å². The minimum absolute atomic E-state index is 0.222. The van der Waals surface area contributed by atoms with Crippen molar-refractivity contribution in [3.63, 3.8) is 0 Å². The van der Waals surface area contributed by atoms with Gasteiger partial charge in [0.25, 0.3) is 0 Å². The summed E-state index contributed by atoms with van der Waals surface area (Å²) in [6, 6.07) is 10.1. The molecule has 1 atom stereocenters. The SMILES string of the molecule is CN1CCC(C)(/C=C/c2ccccc2)C1=O. The highest BCUT2D eigenvalue weighted by atomic mass is 16.2. The Morgan fingerprint density at radius 1 is 1.31 bits per heavy atom. The lowest BCUT2D eigenvalue weighted by atomic mass is 9.88. The molecule has 0 N–H and O–H groups in total. The Morgan fingerprint density at radius 3 is 2.56 bits per heavy atom. The minimum atomic E-state index is -0.315. The first-order chi connectivity index (χ1) is 7.62. The Balaban J connectivity index is 2.16. The van der Waals surface area contributed by atoms with Gasteiger partial charge < -0.3 is 4.90 Å². The molecule has 2 rings (SSSR count). The average molecular weight is 215 g/mol. The third-order valence-electron chi connectivity index (χ3n) is 3.25. The predicted molar refractivity (Wildman–Crippen MR) is 65.8 cm³/mol. The van der Waals surface area contributed by atoms with Gasteiger partial charge in [-0.1, -0.05) is 42.5 Å². The molecule has 1 saturated heterocycles. The highest BCUT2D eigenvalue weighted by molar-refractivity contribution is 5.87. The molecule has 1 amide bonds. The summed E-state index contributed by atoms with van der Waals surface area (Å²) in [6.07, 6.45) is 4.98. The zero-order valence-electron chi connectivity index (χ0n) is 9.81. The van der Waals surface area contributed by atoms with Gasteiger partial charge in [0.2, 0.25) is 5.91 Å². The maximum atomic E-state index is 11.9. The van der Waals surface area contributed by atoms with E-state index in [0.717, 1.165) is 18.5 Å². The van der Waals surface area contributed by atoms with Gasteiger partial charge in [0, 0.05) is 13.6 Å². The van der Waals surface area contributed by atoms with Crippen LogP contribution in [0.1, 0.15) is 18.9 Å². The van der Waals surface area contributed by atoms with E-state index >= 15 is 0 Å². The third-order valence-corrected chi connectivity index (χ3v) is 3.25. The van der Waals surface area contributed by atoms with Crippen LogP contribution in [0.5, 0.6) is 0 Å². The fourth-order valence-corrected chi connectivity index (χ4v) is 2.04. The van der Waals surface area contributed by atoms with Gasteiger partial charge in [0.1, 0.15) is 0 Å². The Morgan fingerprint density at radius 2 is 2.00 bits per heavy atom. The highest BCUT2D eigenvalue weighted by Crippen LogP contribution is 2.32. The molecule has 0 bridgehead atoms. The number of likely N-dealkylation sites (tertiary alicyclic amines) is 1. The number of benzene rings is 1. The highest BCUT2D eigenvalue weighted by Gasteiger charge is 2.38. The monoisotopic (exact) mass is 215 g/mol. The number of hydrogen-bond acceptors (Lipinski definition) is 1. The number of amides is 1. The molecular weight excluding hydrogens is 198 g/mol. The van der Waals surface area contributed by atoms with Crippen LogP contribution in [0.15, 0.2) is 36.4 Å². The van der Waals surface area contributed by atoms with Gasteiger partial charge in [-0.2, -0.15) is 0 Å². The van der Waals surface area contributed by atoms with Crippen LogP contribution < -0.4 is 0 Å². The van der Waals surface area contributed by atoms with Gasteiger partial charge in [0.15, 0.2) is 0 Å². The fraction of sp³-hybridized carbons (Fsp3) is 0.357. The quantitative estimate of drug-likeness (QED) is 0.742. The Hall–Kier alpha value is -1.57. The molecule has 1 fully saturated rings. The van der Waals surface area contributed by atoms with E-state index in [-0.39, 0.29) is 11.3 Å². The molecule has 1 aromatic carbocycles. The van der Waals surface area contributed by atoms with Crippen molar-refractivity contribution in [3.8, 4) is 0 Å².